The van der Waals surface area contributed by atoms with E-state index in [1.807, 2.05) is 39.0 Å². The Bertz CT molecular complexity index is 868. The number of anilines is 2. The number of carbonyl (C=O) groups excluding carboxylic acids is 2. The van der Waals surface area contributed by atoms with Gasteiger partial charge >= 0.3 is 0 Å². The third kappa shape index (κ3) is 4.95. The Morgan fingerprint density at radius 3 is 2.24 bits per heavy atom. The van der Waals surface area contributed by atoms with Crippen LogP contribution in [0.3, 0.4) is 0 Å². The van der Waals surface area contributed by atoms with Crippen molar-refractivity contribution in [3.8, 4) is 5.75 Å². The van der Waals surface area contributed by atoms with Gasteiger partial charge in [0, 0.05) is 11.6 Å². The number of likely N-dealkylation sites (tertiary alicyclic amines) is 1. The van der Waals surface area contributed by atoms with Gasteiger partial charge in [-0.05, 0) is 70.0 Å². The van der Waals surface area contributed by atoms with Crippen LogP contribution in [0.1, 0.15) is 30.9 Å². The number of nitrogens with one attached hydrogen (secondary N) is 2. The van der Waals surface area contributed by atoms with Gasteiger partial charge in [0.1, 0.15) is 5.75 Å². The molecule has 3 rings (SSSR count). The van der Waals surface area contributed by atoms with Crippen LogP contribution in [0.5, 0.6) is 5.75 Å². The number of para-hydroxylation sites is 3. The monoisotopic (exact) mass is 395 g/mol. The molecule has 0 radical (unpaired) electrons. The van der Waals surface area contributed by atoms with E-state index in [9.17, 15) is 14.7 Å². The topological polar surface area (TPSA) is 81.7 Å². The lowest BCUT2D eigenvalue weighted by molar-refractivity contribution is -0.123. The maximum atomic E-state index is 12.8. The number of benzene rings is 2. The SMILES string of the molecule is Cc1cccc(C)c1NC(=O)[C@@H](C)N1CCC(C(=O)Nc2ccccc2O)CC1. The van der Waals surface area contributed by atoms with E-state index >= 15 is 0 Å². The number of phenolic OH excluding ortho intramolecular Hbond substituents is 1. The molecule has 6 nitrogen and oxygen atoms in total. The third-order valence-electron chi connectivity index (χ3n) is 5.72. The highest BCUT2D eigenvalue weighted by Gasteiger charge is 2.30. The second-order valence-electron chi connectivity index (χ2n) is 7.75. The summed E-state index contributed by atoms with van der Waals surface area (Å²) in [4.78, 5) is 27.4. The predicted octanol–water partition coefficient (Wildman–Crippen LogP) is 3.69. The standard InChI is InChI=1S/C23H29N3O3/c1-15-7-6-8-16(2)21(15)25-22(28)17(3)26-13-11-18(12-14-26)23(29)24-19-9-4-5-10-20(19)27/h4-10,17-18,27H,11-14H2,1-3H3,(H,24,29)(H,25,28)/t17-/m1/s1. The zero-order valence-corrected chi connectivity index (χ0v) is 17.2. The van der Waals surface area contributed by atoms with E-state index in [1.54, 1.807) is 24.3 Å². The van der Waals surface area contributed by atoms with Crippen LogP contribution in [0.4, 0.5) is 11.4 Å². The van der Waals surface area contributed by atoms with E-state index in [-0.39, 0.29) is 29.5 Å². The van der Waals surface area contributed by atoms with Crippen molar-refractivity contribution in [2.24, 2.45) is 5.92 Å². The Balaban J connectivity index is 1.54. The van der Waals surface area contributed by atoms with Gasteiger partial charge in [-0.2, -0.15) is 0 Å². The van der Waals surface area contributed by atoms with Gasteiger partial charge in [0.15, 0.2) is 0 Å². The van der Waals surface area contributed by atoms with Crippen molar-refractivity contribution in [1.82, 2.24) is 4.90 Å². The molecule has 1 atom stereocenters. The normalized spacial score (nSPS) is 16.2. The molecule has 1 aliphatic heterocycles. The van der Waals surface area contributed by atoms with Crippen LogP contribution >= 0.6 is 0 Å². The number of nitrogens with zero attached hydrogens (tertiary/aromatic N) is 1. The zero-order valence-electron chi connectivity index (χ0n) is 17.2. The number of piperidine rings is 1. The molecule has 2 aromatic carbocycles. The summed E-state index contributed by atoms with van der Waals surface area (Å²) in [5.41, 5.74) is 3.40. The molecule has 3 N–H and O–H groups in total. The number of rotatable bonds is 5. The minimum absolute atomic E-state index is 0.0282. The smallest absolute Gasteiger partial charge is 0.241 e. The van der Waals surface area contributed by atoms with Crippen LogP contribution in [-0.4, -0.2) is 41.0 Å². The van der Waals surface area contributed by atoms with E-state index in [0.29, 0.717) is 31.6 Å². The van der Waals surface area contributed by atoms with Gasteiger partial charge in [-0.3, -0.25) is 14.5 Å². The van der Waals surface area contributed by atoms with Gasteiger partial charge in [0.2, 0.25) is 11.8 Å². The Kier molecular flexibility index (Phi) is 6.54. The highest BCUT2D eigenvalue weighted by atomic mass is 16.3. The first kappa shape index (κ1) is 20.9. The summed E-state index contributed by atoms with van der Waals surface area (Å²) >= 11 is 0. The average molecular weight is 396 g/mol. The molecule has 0 saturated carbocycles. The highest BCUT2D eigenvalue weighted by Crippen LogP contribution is 2.26. The van der Waals surface area contributed by atoms with Crippen molar-refractivity contribution in [3.63, 3.8) is 0 Å². The Morgan fingerprint density at radius 1 is 1.00 bits per heavy atom. The van der Waals surface area contributed by atoms with Crippen molar-refractivity contribution in [3.05, 3.63) is 53.6 Å². The van der Waals surface area contributed by atoms with Crippen LogP contribution in [-0.2, 0) is 9.59 Å². The molecule has 154 valence electrons. The molecule has 1 aliphatic rings. The molecule has 0 aromatic heterocycles. The third-order valence-corrected chi connectivity index (χ3v) is 5.72. The number of hydrogen-bond acceptors (Lipinski definition) is 4. The van der Waals surface area contributed by atoms with E-state index in [2.05, 4.69) is 15.5 Å². The van der Waals surface area contributed by atoms with Gasteiger partial charge in [-0.15, -0.1) is 0 Å². The second-order valence-corrected chi connectivity index (χ2v) is 7.75. The molecule has 1 fully saturated rings. The van der Waals surface area contributed by atoms with Crippen molar-refractivity contribution in [2.45, 2.75) is 39.7 Å². The fraction of sp³-hybridized carbons (Fsp3) is 0.391. The highest BCUT2D eigenvalue weighted by molar-refractivity contribution is 5.96. The van der Waals surface area contributed by atoms with Gasteiger partial charge in [0.05, 0.1) is 11.7 Å². The quantitative estimate of drug-likeness (QED) is 0.675. The minimum atomic E-state index is -0.267. The van der Waals surface area contributed by atoms with Crippen LogP contribution in [0.2, 0.25) is 0 Å². The summed E-state index contributed by atoms with van der Waals surface area (Å²) in [7, 11) is 0. The summed E-state index contributed by atoms with van der Waals surface area (Å²) in [6.07, 6.45) is 1.36. The van der Waals surface area contributed by atoms with Crippen LogP contribution in [0.25, 0.3) is 0 Å². The molecule has 6 heteroatoms. The van der Waals surface area contributed by atoms with E-state index in [0.717, 1.165) is 16.8 Å². The van der Waals surface area contributed by atoms with Gasteiger partial charge in [-0.1, -0.05) is 30.3 Å². The van der Waals surface area contributed by atoms with Gasteiger partial charge in [-0.25, -0.2) is 0 Å². The molecule has 29 heavy (non-hydrogen) atoms. The largest absolute Gasteiger partial charge is 0.506 e. The maximum absolute atomic E-state index is 12.8. The number of hydrogen-bond donors (Lipinski definition) is 3. The number of phenols is 1. The first-order chi connectivity index (χ1) is 13.9. The fourth-order valence-corrected chi connectivity index (χ4v) is 3.77. The van der Waals surface area contributed by atoms with Gasteiger partial charge < -0.3 is 15.7 Å². The molecular formula is C23H29N3O3. The Morgan fingerprint density at radius 2 is 1.62 bits per heavy atom. The number of aromatic hydroxyl groups is 1. The van der Waals surface area contributed by atoms with E-state index < -0.39 is 0 Å². The van der Waals surface area contributed by atoms with Crippen molar-refractivity contribution in [2.75, 3.05) is 23.7 Å². The lowest BCUT2D eigenvalue weighted by atomic mass is 9.94. The number of aryl methyl sites for hydroxylation is 2. The van der Waals surface area contributed by atoms with E-state index in [1.165, 1.54) is 0 Å². The lowest BCUT2D eigenvalue weighted by Gasteiger charge is -2.35. The summed E-state index contributed by atoms with van der Waals surface area (Å²) in [6, 6.07) is 12.4. The summed E-state index contributed by atoms with van der Waals surface area (Å²) < 4.78 is 0. The van der Waals surface area contributed by atoms with Crippen molar-refractivity contribution in [1.29, 1.82) is 0 Å². The molecule has 1 saturated heterocycles. The van der Waals surface area contributed by atoms with Crippen LogP contribution in [0.15, 0.2) is 42.5 Å². The average Bonchev–Trinajstić information content (AvgIpc) is 2.72. The summed E-state index contributed by atoms with van der Waals surface area (Å²) in [5, 5.41) is 15.7. The van der Waals surface area contributed by atoms with Crippen molar-refractivity contribution >= 4 is 23.2 Å². The predicted molar refractivity (Wildman–Crippen MR) is 115 cm³/mol. The molecule has 2 aromatic rings. The molecular weight excluding hydrogens is 366 g/mol. The minimum Gasteiger partial charge on any atom is -0.506 e. The Labute approximate surface area is 171 Å². The van der Waals surface area contributed by atoms with E-state index in [4.69, 9.17) is 0 Å². The summed E-state index contributed by atoms with van der Waals surface area (Å²) in [5.74, 6) is -0.173. The molecule has 1 heterocycles. The van der Waals surface area contributed by atoms with Gasteiger partial charge in [0.25, 0.3) is 0 Å². The van der Waals surface area contributed by atoms with Crippen LogP contribution < -0.4 is 10.6 Å². The van der Waals surface area contributed by atoms with Crippen molar-refractivity contribution < 1.29 is 14.7 Å². The lowest BCUT2D eigenvalue weighted by Crippen LogP contribution is -2.47. The molecule has 0 aliphatic carbocycles. The fourth-order valence-electron chi connectivity index (χ4n) is 3.77. The first-order valence-corrected chi connectivity index (χ1v) is 10.1. The van der Waals surface area contributed by atoms with Crippen LogP contribution in [0, 0.1) is 19.8 Å². The number of carbonyl (C=O) groups is 2. The zero-order chi connectivity index (χ0) is 21.0. The molecule has 0 spiro atoms. The second kappa shape index (κ2) is 9.09. The maximum Gasteiger partial charge on any atom is 0.241 e. The Hall–Kier alpha value is -2.86. The number of amides is 2. The molecule has 0 bridgehead atoms. The first-order valence-electron chi connectivity index (χ1n) is 10.1. The molecule has 0 unspecified atom stereocenters. The molecule has 2 amide bonds. The summed E-state index contributed by atoms with van der Waals surface area (Å²) in [6.45, 7) is 7.25.